The molecule has 10 nitrogen and oxygen atoms in total. The Morgan fingerprint density at radius 1 is 1.14 bits per heavy atom. The Morgan fingerprint density at radius 2 is 2.00 bits per heavy atom. The van der Waals surface area contributed by atoms with E-state index in [0.29, 0.717) is 17.8 Å². The third kappa shape index (κ3) is 4.15. The lowest BCUT2D eigenvalue weighted by atomic mass is 9.78. The first-order valence-corrected chi connectivity index (χ1v) is 12.3. The fourth-order valence-corrected chi connectivity index (χ4v) is 5.56. The number of rotatable bonds is 7. The highest BCUT2D eigenvalue weighted by Gasteiger charge is 2.49. The Bertz CT molecular complexity index is 1380. The van der Waals surface area contributed by atoms with Crippen molar-refractivity contribution in [1.29, 1.82) is 0 Å². The lowest BCUT2D eigenvalue weighted by Gasteiger charge is -2.25. The molecule has 1 unspecified atom stereocenters. The molecule has 0 radical (unpaired) electrons. The molecule has 2 aliphatic heterocycles. The van der Waals surface area contributed by atoms with E-state index in [4.69, 9.17) is 24.5 Å². The summed E-state index contributed by atoms with van der Waals surface area (Å²) in [4.78, 5) is 14.9. The average molecular weight is 505 g/mol. The number of fused-ring (bicyclic) bond motifs is 2. The van der Waals surface area contributed by atoms with Gasteiger partial charge in [-0.15, -0.1) is 0 Å². The first-order chi connectivity index (χ1) is 17.7. The van der Waals surface area contributed by atoms with Crippen LogP contribution in [-0.2, 0) is 25.4 Å². The topological polar surface area (TPSA) is 127 Å². The first-order valence-electron chi connectivity index (χ1n) is 11.5. The Hall–Kier alpha value is -3.00. The second kappa shape index (κ2) is 9.81. The molecule has 12 heteroatoms. The minimum atomic E-state index is -0.647. The van der Waals surface area contributed by atoms with Crippen LogP contribution in [0.15, 0.2) is 71.0 Å². The van der Waals surface area contributed by atoms with Gasteiger partial charge in [-0.2, -0.15) is 0 Å². The number of aromatic nitrogens is 4. The number of hydrogen-bond acceptors (Lipinski definition) is 10. The SMILES string of the molecule is CO[C@H]1C(OB2OCc3ccc(Sc4ccccc4)cc32)[C@@H](CO)O[C@H]1n1cnc2c(N)ncnc21. The molecule has 2 aromatic heterocycles. The Morgan fingerprint density at radius 3 is 2.81 bits per heavy atom. The maximum Gasteiger partial charge on any atom is 0.494 e. The number of imidazole rings is 1. The van der Waals surface area contributed by atoms with Gasteiger partial charge in [-0.1, -0.05) is 36.0 Å². The quantitative estimate of drug-likeness (QED) is 0.359. The molecule has 4 atom stereocenters. The van der Waals surface area contributed by atoms with Crippen molar-refractivity contribution >= 4 is 41.3 Å². The molecule has 184 valence electrons. The smallest absolute Gasteiger partial charge is 0.403 e. The summed E-state index contributed by atoms with van der Waals surface area (Å²) in [6, 6.07) is 16.4. The lowest BCUT2D eigenvalue weighted by molar-refractivity contribution is -0.0583. The summed E-state index contributed by atoms with van der Waals surface area (Å²) in [7, 11) is 0.963. The highest BCUT2D eigenvalue weighted by atomic mass is 32.2. The number of nitrogens with two attached hydrogens (primary N) is 1. The average Bonchev–Trinajstić information content (AvgIpc) is 3.60. The van der Waals surface area contributed by atoms with E-state index >= 15 is 0 Å². The minimum Gasteiger partial charge on any atom is -0.403 e. The van der Waals surface area contributed by atoms with E-state index in [0.717, 1.165) is 20.8 Å². The summed E-state index contributed by atoms with van der Waals surface area (Å²) in [6.45, 7) is 0.186. The highest BCUT2D eigenvalue weighted by Crippen LogP contribution is 2.36. The van der Waals surface area contributed by atoms with Crippen LogP contribution in [0, 0.1) is 0 Å². The molecule has 1 saturated heterocycles. The van der Waals surface area contributed by atoms with Gasteiger partial charge in [0.1, 0.15) is 30.2 Å². The van der Waals surface area contributed by atoms with E-state index in [1.165, 1.54) is 6.33 Å². The minimum absolute atomic E-state index is 0.256. The maximum atomic E-state index is 10.1. The second-order valence-electron chi connectivity index (χ2n) is 8.55. The third-order valence-electron chi connectivity index (χ3n) is 6.42. The van der Waals surface area contributed by atoms with Crippen molar-refractivity contribution in [3.05, 3.63) is 66.7 Å². The summed E-state index contributed by atoms with van der Waals surface area (Å²) in [5.41, 5.74) is 8.95. The Kier molecular flexibility index (Phi) is 6.38. The number of nitrogen functional groups attached to an aromatic ring is 1. The molecular formula is C24H24BN5O5S. The Labute approximate surface area is 211 Å². The van der Waals surface area contributed by atoms with E-state index in [2.05, 4.69) is 45.3 Å². The maximum absolute atomic E-state index is 10.1. The van der Waals surface area contributed by atoms with Crippen molar-refractivity contribution in [3.63, 3.8) is 0 Å². The Balaban J connectivity index is 1.26. The van der Waals surface area contributed by atoms with Crippen molar-refractivity contribution in [1.82, 2.24) is 19.5 Å². The van der Waals surface area contributed by atoms with Crippen LogP contribution in [0.2, 0.25) is 0 Å². The number of anilines is 1. The zero-order valence-electron chi connectivity index (χ0n) is 19.4. The molecule has 4 aromatic rings. The van der Waals surface area contributed by atoms with Crippen molar-refractivity contribution in [2.24, 2.45) is 0 Å². The normalized spacial score (nSPS) is 23.4. The van der Waals surface area contributed by atoms with Gasteiger partial charge >= 0.3 is 7.12 Å². The predicted octanol–water partition coefficient (Wildman–Crippen LogP) is 1.78. The molecule has 0 amide bonds. The largest absolute Gasteiger partial charge is 0.494 e. The summed E-state index contributed by atoms with van der Waals surface area (Å²) in [5, 5.41) is 10.1. The summed E-state index contributed by atoms with van der Waals surface area (Å²) in [6.07, 6.45) is 0.493. The second-order valence-corrected chi connectivity index (χ2v) is 9.70. The van der Waals surface area contributed by atoms with Crippen LogP contribution in [0.1, 0.15) is 11.8 Å². The molecule has 4 heterocycles. The van der Waals surface area contributed by atoms with E-state index in [1.807, 2.05) is 18.2 Å². The van der Waals surface area contributed by atoms with Gasteiger partial charge < -0.3 is 29.6 Å². The number of methoxy groups -OCH3 is 1. The zero-order chi connectivity index (χ0) is 24.6. The number of aliphatic hydroxyl groups is 1. The van der Waals surface area contributed by atoms with Crippen molar-refractivity contribution in [3.8, 4) is 0 Å². The van der Waals surface area contributed by atoms with Crippen LogP contribution in [-0.4, -0.2) is 63.8 Å². The predicted molar refractivity (Wildman–Crippen MR) is 134 cm³/mol. The van der Waals surface area contributed by atoms with Crippen LogP contribution in [0.4, 0.5) is 5.82 Å². The first kappa shape index (κ1) is 23.4. The van der Waals surface area contributed by atoms with Crippen molar-refractivity contribution in [2.75, 3.05) is 19.5 Å². The molecule has 2 aromatic carbocycles. The van der Waals surface area contributed by atoms with Crippen molar-refractivity contribution in [2.45, 2.75) is 40.9 Å². The fraction of sp³-hybridized carbons (Fsp3) is 0.292. The zero-order valence-corrected chi connectivity index (χ0v) is 20.2. The number of ether oxygens (including phenoxy) is 2. The molecule has 6 rings (SSSR count). The van der Waals surface area contributed by atoms with Crippen LogP contribution in [0.3, 0.4) is 0 Å². The molecule has 0 saturated carbocycles. The summed E-state index contributed by atoms with van der Waals surface area (Å²) >= 11 is 1.68. The molecule has 0 aliphatic carbocycles. The molecule has 3 N–H and O–H groups in total. The van der Waals surface area contributed by atoms with Crippen LogP contribution in [0.5, 0.6) is 0 Å². The third-order valence-corrected chi connectivity index (χ3v) is 7.42. The van der Waals surface area contributed by atoms with E-state index < -0.39 is 31.7 Å². The molecule has 0 spiro atoms. The van der Waals surface area contributed by atoms with Gasteiger partial charge in [-0.05, 0) is 35.3 Å². The van der Waals surface area contributed by atoms with Gasteiger partial charge in [0, 0.05) is 16.9 Å². The van der Waals surface area contributed by atoms with Crippen molar-refractivity contribution < 1.29 is 23.9 Å². The molecule has 1 fully saturated rings. The van der Waals surface area contributed by atoms with E-state index in [-0.39, 0.29) is 12.4 Å². The number of hydrogen-bond donors (Lipinski definition) is 2. The molecule has 0 bridgehead atoms. The van der Waals surface area contributed by atoms with Gasteiger partial charge in [-0.25, -0.2) is 15.0 Å². The summed E-state index contributed by atoms with van der Waals surface area (Å²) < 4.78 is 26.2. The standard InChI is InChI=1S/C24H24BN5O5S/c1-32-21-20(18(10-31)34-24(21)30-13-29-19-22(26)27-12-28-23(19)30)35-25-17-9-16(8-7-14(17)11-33-25)36-15-5-3-2-4-6-15/h2-9,12-13,18,20-21,24,31H,10-11H2,1H3,(H2,26,27,28)/t18-,20?,21+,24-/m1/s1. The summed E-state index contributed by atoms with van der Waals surface area (Å²) in [5.74, 6) is 0.275. The van der Waals surface area contributed by atoms with Gasteiger partial charge in [0.15, 0.2) is 17.7 Å². The van der Waals surface area contributed by atoms with Gasteiger partial charge in [0.2, 0.25) is 0 Å². The van der Waals surface area contributed by atoms with Crippen LogP contribution < -0.4 is 11.2 Å². The molecule has 2 aliphatic rings. The molecule has 36 heavy (non-hydrogen) atoms. The van der Waals surface area contributed by atoms with E-state index in [9.17, 15) is 5.11 Å². The van der Waals surface area contributed by atoms with Gasteiger partial charge in [0.25, 0.3) is 0 Å². The lowest BCUT2D eigenvalue weighted by Crippen LogP contribution is -2.45. The monoisotopic (exact) mass is 505 g/mol. The fourth-order valence-electron chi connectivity index (χ4n) is 4.67. The van der Waals surface area contributed by atoms with Gasteiger partial charge in [-0.3, -0.25) is 4.57 Å². The number of benzene rings is 2. The highest BCUT2D eigenvalue weighted by molar-refractivity contribution is 7.99. The van der Waals surface area contributed by atoms with E-state index in [1.54, 1.807) is 29.8 Å². The molecular weight excluding hydrogens is 481 g/mol. The van der Waals surface area contributed by atoms with Gasteiger partial charge in [0.05, 0.1) is 19.5 Å². The number of nitrogens with zero attached hydrogens (tertiary/aromatic N) is 4. The van der Waals surface area contributed by atoms with Crippen LogP contribution >= 0.6 is 11.8 Å². The number of aliphatic hydroxyl groups excluding tert-OH is 1. The van der Waals surface area contributed by atoms with Crippen LogP contribution in [0.25, 0.3) is 11.2 Å².